The van der Waals surface area contributed by atoms with Crippen LogP contribution < -0.4 is 10.6 Å². The van der Waals surface area contributed by atoms with E-state index < -0.39 is 0 Å². The fraction of sp³-hybridized carbons (Fsp3) is 0.235. The molecule has 0 unspecified atom stereocenters. The van der Waals surface area contributed by atoms with Crippen molar-refractivity contribution in [2.24, 2.45) is 0 Å². The average molecular weight is 303 g/mol. The van der Waals surface area contributed by atoms with Crippen molar-refractivity contribution in [1.82, 2.24) is 5.32 Å². The smallest absolute Gasteiger partial charge is 0.251 e. The van der Waals surface area contributed by atoms with Crippen LogP contribution >= 0.6 is 11.6 Å². The van der Waals surface area contributed by atoms with E-state index in [1.165, 1.54) is 0 Å². The molecule has 0 fully saturated rings. The van der Waals surface area contributed by atoms with Crippen molar-refractivity contribution in [3.63, 3.8) is 0 Å². The number of aryl methyl sites for hydroxylation is 1. The van der Waals surface area contributed by atoms with Crippen molar-refractivity contribution in [3.05, 3.63) is 64.2 Å². The number of rotatable bonds is 5. The summed E-state index contributed by atoms with van der Waals surface area (Å²) in [6.45, 7) is 5.40. The van der Waals surface area contributed by atoms with Gasteiger partial charge in [0.2, 0.25) is 0 Å². The van der Waals surface area contributed by atoms with Crippen molar-refractivity contribution in [2.75, 3.05) is 11.9 Å². The topological polar surface area (TPSA) is 41.1 Å². The van der Waals surface area contributed by atoms with Gasteiger partial charge in [0, 0.05) is 29.4 Å². The molecule has 0 aliphatic carbocycles. The van der Waals surface area contributed by atoms with Gasteiger partial charge < -0.3 is 10.6 Å². The summed E-state index contributed by atoms with van der Waals surface area (Å²) in [7, 11) is 0. The molecule has 0 bridgehead atoms. The van der Waals surface area contributed by atoms with E-state index in [1.807, 2.05) is 56.3 Å². The highest BCUT2D eigenvalue weighted by Crippen LogP contribution is 2.16. The molecule has 0 aromatic heterocycles. The maximum absolute atomic E-state index is 12.1. The lowest BCUT2D eigenvalue weighted by atomic mass is 10.1. The first-order valence-electron chi connectivity index (χ1n) is 6.97. The van der Waals surface area contributed by atoms with Gasteiger partial charge in [-0.25, -0.2) is 0 Å². The van der Waals surface area contributed by atoms with Gasteiger partial charge in [0.15, 0.2) is 0 Å². The molecule has 0 saturated carbocycles. The summed E-state index contributed by atoms with van der Waals surface area (Å²) in [5.41, 5.74) is 3.82. The molecule has 0 saturated heterocycles. The van der Waals surface area contributed by atoms with Crippen LogP contribution in [0.5, 0.6) is 0 Å². The van der Waals surface area contributed by atoms with Gasteiger partial charge in [0.05, 0.1) is 0 Å². The van der Waals surface area contributed by atoms with Gasteiger partial charge in [-0.3, -0.25) is 4.79 Å². The number of hydrogen-bond donors (Lipinski definition) is 2. The van der Waals surface area contributed by atoms with Crippen LogP contribution in [0.2, 0.25) is 5.02 Å². The quantitative estimate of drug-likeness (QED) is 0.876. The number of halogens is 1. The van der Waals surface area contributed by atoms with Crippen LogP contribution in [0.15, 0.2) is 42.5 Å². The lowest BCUT2D eigenvalue weighted by molar-refractivity contribution is 0.0951. The van der Waals surface area contributed by atoms with Gasteiger partial charge in [-0.2, -0.15) is 0 Å². The van der Waals surface area contributed by atoms with Gasteiger partial charge in [-0.15, -0.1) is 0 Å². The zero-order chi connectivity index (χ0) is 15.2. The lowest BCUT2D eigenvalue weighted by Gasteiger charge is -2.10. The highest BCUT2D eigenvalue weighted by atomic mass is 35.5. The zero-order valence-corrected chi connectivity index (χ0v) is 13.0. The molecule has 3 nitrogen and oxygen atoms in total. The first-order valence-corrected chi connectivity index (χ1v) is 7.35. The van der Waals surface area contributed by atoms with Gasteiger partial charge >= 0.3 is 0 Å². The maximum Gasteiger partial charge on any atom is 0.251 e. The normalized spacial score (nSPS) is 10.2. The Morgan fingerprint density at radius 2 is 1.86 bits per heavy atom. The van der Waals surface area contributed by atoms with Crippen LogP contribution in [0.3, 0.4) is 0 Å². The van der Waals surface area contributed by atoms with E-state index in [4.69, 9.17) is 11.6 Å². The third-order valence-electron chi connectivity index (χ3n) is 3.22. The molecule has 2 N–H and O–H groups in total. The van der Waals surface area contributed by atoms with Gasteiger partial charge in [0.1, 0.15) is 0 Å². The fourth-order valence-electron chi connectivity index (χ4n) is 2.08. The Balaban J connectivity index is 2.00. The molecule has 0 spiro atoms. The number of nitrogens with one attached hydrogen (secondary N) is 2. The Morgan fingerprint density at radius 1 is 1.14 bits per heavy atom. The largest absolute Gasteiger partial charge is 0.385 e. The number of benzene rings is 2. The van der Waals surface area contributed by atoms with Gasteiger partial charge in [-0.05, 0) is 55.3 Å². The molecule has 0 radical (unpaired) electrons. The third-order valence-corrected chi connectivity index (χ3v) is 3.47. The first-order chi connectivity index (χ1) is 10.1. The van der Waals surface area contributed by atoms with Crippen molar-refractivity contribution < 1.29 is 4.79 Å². The van der Waals surface area contributed by atoms with E-state index in [1.54, 1.807) is 0 Å². The Bertz CT molecular complexity index is 623. The minimum Gasteiger partial charge on any atom is -0.385 e. The summed E-state index contributed by atoms with van der Waals surface area (Å²) in [6.07, 6.45) is 0. The Morgan fingerprint density at radius 3 is 2.48 bits per heavy atom. The van der Waals surface area contributed by atoms with Crippen molar-refractivity contribution in [1.29, 1.82) is 0 Å². The second-order valence-corrected chi connectivity index (χ2v) is 5.31. The summed E-state index contributed by atoms with van der Waals surface area (Å²) < 4.78 is 0. The zero-order valence-electron chi connectivity index (χ0n) is 12.2. The number of anilines is 1. The second kappa shape index (κ2) is 7.14. The fourth-order valence-corrected chi connectivity index (χ4v) is 2.21. The predicted molar refractivity (Wildman–Crippen MR) is 88.0 cm³/mol. The summed E-state index contributed by atoms with van der Waals surface area (Å²) in [6, 6.07) is 13.1. The Labute approximate surface area is 130 Å². The monoisotopic (exact) mass is 302 g/mol. The van der Waals surface area contributed by atoms with E-state index >= 15 is 0 Å². The van der Waals surface area contributed by atoms with Crippen molar-refractivity contribution in [3.8, 4) is 0 Å². The molecule has 0 heterocycles. The van der Waals surface area contributed by atoms with Crippen LogP contribution in [0.25, 0.3) is 0 Å². The minimum atomic E-state index is -0.0731. The van der Waals surface area contributed by atoms with Crippen LogP contribution in [0.4, 0.5) is 5.69 Å². The van der Waals surface area contributed by atoms with E-state index in [-0.39, 0.29) is 5.91 Å². The minimum absolute atomic E-state index is 0.0731. The molecule has 0 aliphatic rings. The van der Waals surface area contributed by atoms with Crippen LogP contribution in [-0.4, -0.2) is 12.5 Å². The van der Waals surface area contributed by atoms with Crippen LogP contribution in [0.1, 0.15) is 28.4 Å². The molecular formula is C17H19ClN2O. The van der Waals surface area contributed by atoms with E-state index in [2.05, 4.69) is 10.6 Å². The molecule has 0 aliphatic heterocycles. The molecule has 2 aromatic rings. The van der Waals surface area contributed by atoms with Crippen LogP contribution in [-0.2, 0) is 6.54 Å². The first kappa shape index (κ1) is 15.4. The Hall–Kier alpha value is -2.00. The molecule has 1 amide bonds. The standard InChI is InChI=1S/C17H19ClN2O/c1-3-19-16-9-6-14(10-12(16)2)17(21)20-11-13-4-7-15(18)8-5-13/h4-10,19H,3,11H2,1-2H3,(H,20,21). The molecular weight excluding hydrogens is 284 g/mol. The second-order valence-electron chi connectivity index (χ2n) is 4.87. The molecule has 0 atom stereocenters. The molecule has 110 valence electrons. The molecule has 4 heteroatoms. The molecule has 21 heavy (non-hydrogen) atoms. The van der Waals surface area contributed by atoms with Gasteiger partial charge in [0.25, 0.3) is 5.91 Å². The van der Waals surface area contributed by atoms with Gasteiger partial charge in [-0.1, -0.05) is 23.7 Å². The van der Waals surface area contributed by atoms with Crippen molar-refractivity contribution in [2.45, 2.75) is 20.4 Å². The maximum atomic E-state index is 12.1. The lowest BCUT2D eigenvalue weighted by Crippen LogP contribution is -2.22. The summed E-state index contributed by atoms with van der Waals surface area (Å²) in [4.78, 5) is 12.1. The number of carbonyl (C=O) groups excluding carboxylic acids is 1. The highest BCUT2D eigenvalue weighted by molar-refractivity contribution is 6.30. The average Bonchev–Trinajstić information content (AvgIpc) is 2.48. The molecule has 2 rings (SSSR count). The number of carbonyl (C=O) groups is 1. The Kier molecular flexibility index (Phi) is 5.23. The van der Waals surface area contributed by atoms with E-state index in [0.717, 1.165) is 23.4 Å². The summed E-state index contributed by atoms with van der Waals surface area (Å²) in [5.74, 6) is -0.0731. The summed E-state index contributed by atoms with van der Waals surface area (Å²) >= 11 is 5.83. The number of amides is 1. The van der Waals surface area contributed by atoms with E-state index in [9.17, 15) is 4.79 Å². The highest BCUT2D eigenvalue weighted by Gasteiger charge is 2.07. The SMILES string of the molecule is CCNc1ccc(C(=O)NCc2ccc(Cl)cc2)cc1C. The van der Waals surface area contributed by atoms with Crippen LogP contribution in [0, 0.1) is 6.92 Å². The third kappa shape index (κ3) is 4.23. The number of hydrogen-bond acceptors (Lipinski definition) is 2. The van der Waals surface area contributed by atoms with Crippen molar-refractivity contribution >= 4 is 23.2 Å². The summed E-state index contributed by atoms with van der Waals surface area (Å²) in [5, 5.41) is 6.87. The van der Waals surface area contributed by atoms with E-state index in [0.29, 0.717) is 17.1 Å². The molecule has 2 aromatic carbocycles. The predicted octanol–water partition coefficient (Wildman–Crippen LogP) is 4.01.